The van der Waals surface area contributed by atoms with Crippen molar-refractivity contribution in [3.8, 4) is 0 Å². The van der Waals surface area contributed by atoms with Crippen LogP contribution < -0.4 is 5.73 Å². The van der Waals surface area contributed by atoms with Gasteiger partial charge in [0.05, 0.1) is 11.4 Å². The first-order valence-corrected chi connectivity index (χ1v) is 4.32. The molecule has 0 saturated heterocycles. The zero-order valence-electron chi connectivity index (χ0n) is 7.82. The second-order valence-electron chi connectivity index (χ2n) is 3.08. The highest BCUT2D eigenvalue weighted by molar-refractivity contribution is 6.25. The van der Waals surface area contributed by atoms with E-state index in [2.05, 4.69) is 4.99 Å². The van der Waals surface area contributed by atoms with Gasteiger partial charge in [0.2, 0.25) is 5.78 Å². The van der Waals surface area contributed by atoms with Crippen LogP contribution in [0.4, 0.5) is 0 Å². The SMILES string of the molecule is CN=C1C=C(N)C(=O)c2ccccc21. The standard InChI is InChI=1S/C11H10N2O/c1-13-10-6-9(12)11(14)8-5-3-2-4-7(8)10/h2-6H,12H2,1H3. The summed E-state index contributed by atoms with van der Waals surface area (Å²) in [4.78, 5) is 15.7. The number of carbonyl (C=O) groups excluding carboxylic acids is 1. The molecule has 1 aromatic carbocycles. The first kappa shape index (κ1) is 8.69. The van der Waals surface area contributed by atoms with E-state index < -0.39 is 0 Å². The fourth-order valence-corrected chi connectivity index (χ4v) is 1.54. The maximum Gasteiger partial charge on any atom is 0.209 e. The zero-order chi connectivity index (χ0) is 10.1. The summed E-state index contributed by atoms with van der Waals surface area (Å²) in [5, 5.41) is 0. The third kappa shape index (κ3) is 1.14. The van der Waals surface area contributed by atoms with E-state index in [0.717, 1.165) is 11.3 Å². The van der Waals surface area contributed by atoms with E-state index >= 15 is 0 Å². The number of carbonyl (C=O) groups is 1. The highest BCUT2D eigenvalue weighted by atomic mass is 16.1. The van der Waals surface area contributed by atoms with Crippen LogP contribution in [0.5, 0.6) is 0 Å². The van der Waals surface area contributed by atoms with Crippen LogP contribution in [0.15, 0.2) is 41.0 Å². The molecule has 1 aliphatic rings. The number of hydrogen-bond donors (Lipinski definition) is 1. The summed E-state index contributed by atoms with van der Waals surface area (Å²) in [6.07, 6.45) is 1.62. The number of allylic oxidation sites excluding steroid dienone is 2. The highest BCUT2D eigenvalue weighted by Gasteiger charge is 2.20. The zero-order valence-corrected chi connectivity index (χ0v) is 7.82. The van der Waals surface area contributed by atoms with Gasteiger partial charge in [-0.1, -0.05) is 24.3 Å². The Morgan fingerprint density at radius 1 is 1.21 bits per heavy atom. The van der Waals surface area contributed by atoms with Crippen LogP contribution in [-0.2, 0) is 0 Å². The molecule has 0 aliphatic heterocycles. The van der Waals surface area contributed by atoms with E-state index in [4.69, 9.17) is 5.73 Å². The fourth-order valence-electron chi connectivity index (χ4n) is 1.54. The average molecular weight is 186 g/mol. The molecule has 0 unspecified atom stereocenters. The summed E-state index contributed by atoms with van der Waals surface area (Å²) >= 11 is 0. The molecular weight excluding hydrogens is 176 g/mol. The maximum atomic E-state index is 11.6. The molecule has 3 heteroatoms. The van der Waals surface area contributed by atoms with Crippen molar-refractivity contribution in [1.29, 1.82) is 0 Å². The molecule has 3 nitrogen and oxygen atoms in total. The molecule has 1 aliphatic carbocycles. The molecule has 1 aromatic rings. The molecule has 0 spiro atoms. The number of nitrogens with two attached hydrogens (primary N) is 1. The summed E-state index contributed by atoms with van der Waals surface area (Å²) in [6.45, 7) is 0. The molecule has 70 valence electrons. The third-order valence-corrected chi connectivity index (χ3v) is 2.24. The van der Waals surface area contributed by atoms with Crippen molar-refractivity contribution >= 4 is 11.5 Å². The van der Waals surface area contributed by atoms with Crippen LogP contribution in [0, 0.1) is 0 Å². The van der Waals surface area contributed by atoms with Gasteiger partial charge in [0.1, 0.15) is 0 Å². The number of fused-ring (bicyclic) bond motifs is 1. The van der Waals surface area contributed by atoms with E-state index in [0.29, 0.717) is 5.56 Å². The highest BCUT2D eigenvalue weighted by Crippen LogP contribution is 2.18. The Kier molecular flexibility index (Phi) is 1.93. The van der Waals surface area contributed by atoms with Gasteiger partial charge in [0.15, 0.2) is 0 Å². The monoisotopic (exact) mass is 186 g/mol. The maximum absolute atomic E-state index is 11.6. The predicted molar refractivity (Wildman–Crippen MR) is 55.5 cm³/mol. The largest absolute Gasteiger partial charge is 0.395 e. The first-order chi connectivity index (χ1) is 6.74. The van der Waals surface area contributed by atoms with Crippen molar-refractivity contribution in [2.24, 2.45) is 10.7 Å². The molecule has 0 bridgehead atoms. The Hall–Kier alpha value is -1.90. The Balaban J connectivity index is 2.70. The Bertz CT molecular complexity index is 458. The van der Waals surface area contributed by atoms with E-state index in [-0.39, 0.29) is 11.5 Å². The molecule has 14 heavy (non-hydrogen) atoms. The second-order valence-corrected chi connectivity index (χ2v) is 3.08. The van der Waals surface area contributed by atoms with Crippen LogP contribution in [0.2, 0.25) is 0 Å². The Morgan fingerprint density at radius 2 is 1.86 bits per heavy atom. The van der Waals surface area contributed by atoms with Gasteiger partial charge < -0.3 is 5.73 Å². The van der Waals surface area contributed by atoms with Crippen LogP contribution >= 0.6 is 0 Å². The van der Waals surface area contributed by atoms with Gasteiger partial charge in [-0.15, -0.1) is 0 Å². The van der Waals surface area contributed by atoms with Crippen LogP contribution in [0.25, 0.3) is 0 Å². The molecule has 0 fully saturated rings. The van der Waals surface area contributed by atoms with Crippen molar-refractivity contribution < 1.29 is 4.79 Å². The van der Waals surface area contributed by atoms with Crippen LogP contribution in [0.3, 0.4) is 0 Å². The molecule has 2 rings (SSSR count). The summed E-state index contributed by atoms with van der Waals surface area (Å²) < 4.78 is 0. The lowest BCUT2D eigenvalue weighted by Gasteiger charge is -2.14. The van der Waals surface area contributed by atoms with Crippen molar-refractivity contribution in [2.45, 2.75) is 0 Å². The van der Waals surface area contributed by atoms with E-state index in [1.54, 1.807) is 19.2 Å². The van der Waals surface area contributed by atoms with Gasteiger partial charge in [-0.05, 0) is 6.08 Å². The van der Waals surface area contributed by atoms with E-state index in [1.807, 2.05) is 18.2 Å². The molecule has 2 N–H and O–H groups in total. The van der Waals surface area contributed by atoms with Gasteiger partial charge in [-0.3, -0.25) is 9.79 Å². The first-order valence-electron chi connectivity index (χ1n) is 4.32. The molecular formula is C11H10N2O. The van der Waals surface area contributed by atoms with Crippen molar-refractivity contribution in [2.75, 3.05) is 7.05 Å². The second kappa shape index (κ2) is 3.10. The minimum atomic E-state index is -0.118. The summed E-state index contributed by atoms with van der Waals surface area (Å²) in [7, 11) is 1.69. The van der Waals surface area contributed by atoms with Gasteiger partial charge in [0.25, 0.3) is 0 Å². The van der Waals surface area contributed by atoms with E-state index in [9.17, 15) is 4.79 Å². The molecule has 0 radical (unpaired) electrons. The average Bonchev–Trinajstić information content (AvgIpc) is 2.23. The van der Waals surface area contributed by atoms with Crippen molar-refractivity contribution in [1.82, 2.24) is 0 Å². The van der Waals surface area contributed by atoms with Crippen LogP contribution in [0.1, 0.15) is 15.9 Å². The van der Waals surface area contributed by atoms with Gasteiger partial charge in [-0.2, -0.15) is 0 Å². The minimum absolute atomic E-state index is 0.118. The van der Waals surface area contributed by atoms with Crippen LogP contribution in [-0.4, -0.2) is 18.5 Å². The topological polar surface area (TPSA) is 55.4 Å². The number of rotatable bonds is 0. The number of Topliss-reactive ketones (excluding diaryl/α,β-unsaturated/α-hetero) is 1. The lowest BCUT2D eigenvalue weighted by molar-refractivity contribution is 0.103. The van der Waals surface area contributed by atoms with Gasteiger partial charge in [0, 0.05) is 18.2 Å². The molecule has 0 atom stereocenters. The predicted octanol–water partition coefficient (Wildman–Crippen LogP) is 1.14. The Labute approximate surface area is 82.0 Å². The van der Waals surface area contributed by atoms with Gasteiger partial charge in [-0.25, -0.2) is 0 Å². The number of nitrogens with zero attached hydrogens (tertiary/aromatic N) is 1. The lowest BCUT2D eigenvalue weighted by Crippen LogP contribution is -2.21. The number of aliphatic imine (C=N–C) groups is 1. The molecule has 0 amide bonds. The van der Waals surface area contributed by atoms with Crippen molar-refractivity contribution in [3.63, 3.8) is 0 Å². The summed E-state index contributed by atoms with van der Waals surface area (Å²) in [5.74, 6) is -0.118. The smallest absolute Gasteiger partial charge is 0.209 e. The summed E-state index contributed by atoms with van der Waals surface area (Å²) in [5.41, 5.74) is 8.09. The lowest BCUT2D eigenvalue weighted by atomic mass is 9.92. The van der Waals surface area contributed by atoms with E-state index in [1.165, 1.54) is 0 Å². The van der Waals surface area contributed by atoms with Crippen molar-refractivity contribution in [3.05, 3.63) is 47.2 Å². The number of hydrogen-bond acceptors (Lipinski definition) is 3. The van der Waals surface area contributed by atoms with Gasteiger partial charge >= 0.3 is 0 Å². The summed E-state index contributed by atoms with van der Waals surface area (Å²) in [6, 6.07) is 7.34. The number of benzene rings is 1. The molecule has 0 saturated carbocycles. The normalized spacial score (nSPS) is 17.9. The Morgan fingerprint density at radius 3 is 2.50 bits per heavy atom. The minimum Gasteiger partial charge on any atom is -0.395 e. The molecule has 0 aromatic heterocycles. The third-order valence-electron chi connectivity index (χ3n) is 2.24. The number of ketones is 1. The fraction of sp³-hybridized carbons (Fsp3) is 0.0909. The quantitative estimate of drug-likeness (QED) is 0.660. The molecule has 0 heterocycles.